The first-order valence-corrected chi connectivity index (χ1v) is 9.35. The van der Waals surface area contributed by atoms with Gasteiger partial charge in [-0.2, -0.15) is 0 Å². The minimum absolute atomic E-state index is 0.0916. The zero-order valence-electron chi connectivity index (χ0n) is 14.9. The highest BCUT2D eigenvalue weighted by Gasteiger charge is 2.41. The quantitative estimate of drug-likeness (QED) is 0.583. The summed E-state index contributed by atoms with van der Waals surface area (Å²) in [6.45, 7) is 2.87. The molecule has 0 atom stereocenters. The van der Waals surface area contributed by atoms with E-state index in [1.165, 1.54) is 0 Å². The first kappa shape index (κ1) is 17.6. The normalized spacial score (nSPS) is 18.1. The molecular formula is C20H20N2O4S. The third-order valence-corrected chi connectivity index (χ3v) is 4.61. The number of hydrogen-bond donors (Lipinski definition) is 1. The van der Waals surface area contributed by atoms with Crippen molar-refractivity contribution in [3.8, 4) is 11.5 Å². The molecule has 1 amide bonds. The number of hydrogen-bond acceptors (Lipinski definition) is 5. The minimum atomic E-state index is -0.0916. The molecule has 0 unspecified atom stereocenters. The Bertz CT molecular complexity index is 884. The van der Waals surface area contributed by atoms with Gasteiger partial charge in [0, 0.05) is 12.1 Å². The average Bonchev–Trinajstić information content (AvgIpc) is 3.32. The first-order valence-electron chi connectivity index (χ1n) is 8.94. The van der Waals surface area contributed by atoms with Gasteiger partial charge in [-0.15, -0.1) is 0 Å². The Kier molecular flexibility index (Phi) is 4.85. The van der Waals surface area contributed by atoms with Gasteiger partial charge < -0.3 is 19.2 Å². The fraction of sp³-hybridized carbons (Fsp3) is 0.300. The van der Waals surface area contributed by atoms with E-state index in [4.69, 9.17) is 26.1 Å². The second-order valence-corrected chi connectivity index (χ2v) is 6.78. The number of carbonyl (C=O) groups excluding carboxylic acids is 1. The number of benzene rings is 1. The molecule has 2 aliphatic rings. The standard InChI is InChI=1S/C20H20N2O4S/c1-2-24-14-5-7-15(8-6-14)25-12-17-10-9-16(26-17)11-18-19(23)22(13-3-4-13)20(27)21-18/h5-11,13H,2-4,12H2,1H3,(H,21,27)/b18-11+. The maximum atomic E-state index is 12.4. The highest BCUT2D eigenvalue weighted by atomic mass is 32.1. The lowest BCUT2D eigenvalue weighted by Gasteiger charge is -2.11. The van der Waals surface area contributed by atoms with Crippen molar-refractivity contribution < 1.29 is 18.7 Å². The minimum Gasteiger partial charge on any atom is -0.494 e. The van der Waals surface area contributed by atoms with E-state index in [1.54, 1.807) is 11.0 Å². The van der Waals surface area contributed by atoms with Crippen molar-refractivity contribution in [1.82, 2.24) is 10.2 Å². The third-order valence-electron chi connectivity index (χ3n) is 4.31. The number of nitrogens with one attached hydrogen (secondary N) is 1. The van der Waals surface area contributed by atoms with Crippen molar-refractivity contribution >= 4 is 29.3 Å². The maximum Gasteiger partial charge on any atom is 0.276 e. The van der Waals surface area contributed by atoms with E-state index in [2.05, 4.69) is 5.32 Å². The molecule has 1 aliphatic heterocycles. The molecule has 1 saturated heterocycles. The van der Waals surface area contributed by atoms with E-state index < -0.39 is 0 Å². The highest BCUT2D eigenvalue weighted by molar-refractivity contribution is 7.80. The van der Waals surface area contributed by atoms with Crippen molar-refractivity contribution in [2.75, 3.05) is 6.61 Å². The number of rotatable bonds is 7. The van der Waals surface area contributed by atoms with Crippen LogP contribution in [-0.2, 0) is 11.4 Å². The van der Waals surface area contributed by atoms with Gasteiger partial charge in [0.25, 0.3) is 5.91 Å². The molecule has 27 heavy (non-hydrogen) atoms. The van der Waals surface area contributed by atoms with Crippen LogP contribution in [0.1, 0.15) is 31.3 Å². The lowest BCUT2D eigenvalue weighted by atomic mass is 10.3. The van der Waals surface area contributed by atoms with Crippen LogP contribution in [0.5, 0.6) is 11.5 Å². The van der Waals surface area contributed by atoms with Gasteiger partial charge in [0.15, 0.2) is 5.11 Å². The summed E-state index contributed by atoms with van der Waals surface area (Å²) in [7, 11) is 0. The van der Waals surface area contributed by atoms with Crippen molar-refractivity contribution in [3.63, 3.8) is 0 Å². The summed E-state index contributed by atoms with van der Waals surface area (Å²) in [5.74, 6) is 2.70. The van der Waals surface area contributed by atoms with Crippen molar-refractivity contribution in [2.24, 2.45) is 0 Å². The summed E-state index contributed by atoms with van der Waals surface area (Å²) in [6, 6.07) is 11.3. The maximum absolute atomic E-state index is 12.4. The van der Waals surface area contributed by atoms with Gasteiger partial charge in [-0.25, -0.2) is 0 Å². The number of nitrogens with zero attached hydrogens (tertiary/aromatic N) is 1. The van der Waals surface area contributed by atoms with Crippen LogP contribution in [0.15, 0.2) is 46.5 Å². The zero-order chi connectivity index (χ0) is 18.8. The van der Waals surface area contributed by atoms with Crippen molar-refractivity contribution in [2.45, 2.75) is 32.4 Å². The van der Waals surface area contributed by atoms with Gasteiger partial charge in [-0.05, 0) is 68.4 Å². The van der Waals surface area contributed by atoms with Crippen LogP contribution >= 0.6 is 12.2 Å². The third kappa shape index (κ3) is 3.98. The molecule has 4 rings (SSSR count). The molecule has 0 bridgehead atoms. The molecule has 1 aliphatic carbocycles. The number of thiocarbonyl (C=S) groups is 1. The van der Waals surface area contributed by atoms with Crippen LogP contribution in [0.2, 0.25) is 0 Å². The van der Waals surface area contributed by atoms with Gasteiger partial charge >= 0.3 is 0 Å². The summed E-state index contributed by atoms with van der Waals surface area (Å²) in [5.41, 5.74) is 0.445. The molecule has 140 valence electrons. The summed E-state index contributed by atoms with van der Waals surface area (Å²) in [5, 5.41) is 3.44. The molecule has 1 N–H and O–H groups in total. The van der Waals surface area contributed by atoms with Gasteiger partial charge in [0.2, 0.25) is 0 Å². The average molecular weight is 384 g/mol. The smallest absolute Gasteiger partial charge is 0.276 e. The first-order chi connectivity index (χ1) is 13.1. The fourth-order valence-electron chi connectivity index (χ4n) is 2.86. The predicted octanol–water partition coefficient (Wildman–Crippen LogP) is 3.48. The number of ether oxygens (including phenoxy) is 2. The molecule has 1 saturated carbocycles. The number of furan rings is 1. The molecule has 7 heteroatoms. The Morgan fingerprint density at radius 3 is 2.56 bits per heavy atom. The largest absolute Gasteiger partial charge is 0.494 e. The Morgan fingerprint density at radius 1 is 1.19 bits per heavy atom. The van der Waals surface area contributed by atoms with Crippen LogP contribution in [0.3, 0.4) is 0 Å². The Labute approximate surface area is 162 Å². The van der Waals surface area contributed by atoms with Crippen molar-refractivity contribution in [3.05, 3.63) is 53.6 Å². The van der Waals surface area contributed by atoms with Crippen LogP contribution < -0.4 is 14.8 Å². The summed E-state index contributed by atoms with van der Waals surface area (Å²) in [6.07, 6.45) is 3.70. The van der Waals surface area contributed by atoms with E-state index in [0.29, 0.717) is 35.5 Å². The summed E-state index contributed by atoms with van der Waals surface area (Å²) in [4.78, 5) is 14.1. The molecule has 1 aromatic heterocycles. The van der Waals surface area contributed by atoms with Gasteiger partial charge in [0.05, 0.1) is 6.61 Å². The molecular weight excluding hydrogens is 364 g/mol. The molecule has 0 radical (unpaired) electrons. The monoisotopic (exact) mass is 384 g/mol. The summed E-state index contributed by atoms with van der Waals surface area (Å²) < 4.78 is 16.9. The summed E-state index contributed by atoms with van der Waals surface area (Å²) >= 11 is 5.25. The van der Waals surface area contributed by atoms with Crippen molar-refractivity contribution in [1.29, 1.82) is 0 Å². The molecule has 2 heterocycles. The van der Waals surface area contributed by atoms with E-state index in [9.17, 15) is 4.79 Å². The van der Waals surface area contributed by atoms with Gasteiger partial charge in [-0.1, -0.05) is 0 Å². The van der Waals surface area contributed by atoms with E-state index in [0.717, 1.165) is 24.3 Å². The van der Waals surface area contributed by atoms with E-state index in [1.807, 2.05) is 43.3 Å². The molecule has 2 aromatic rings. The Morgan fingerprint density at radius 2 is 1.89 bits per heavy atom. The zero-order valence-corrected chi connectivity index (χ0v) is 15.8. The molecule has 0 spiro atoms. The topological polar surface area (TPSA) is 63.9 Å². The number of carbonyl (C=O) groups is 1. The molecule has 2 fully saturated rings. The van der Waals surface area contributed by atoms with Crippen LogP contribution in [0.4, 0.5) is 0 Å². The van der Waals surface area contributed by atoms with Gasteiger partial charge in [-0.3, -0.25) is 9.69 Å². The lowest BCUT2D eigenvalue weighted by Crippen LogP contribution is -2.32. The predicted molar refractivity (Wildman–Crippen MR) is 104 cm³/mol. The molecule has 6 nitrogen and oxygen atoms in total. The second-order valence-electron chi connectivity index (χ2n) is 6.39. The lowest BCUT2D eigenvalue weighted by molar-refractivity contribution is -0.122. The molecule has 1 aromatic carbocycles. The van der Waals surface area contributed by atoms with E-state index in [-0.39, 0.29) is 11.9 Å². The van der Waals surface area contributed by atoms with Gasteiger partial charge in [0.1, 0.15) is 35.3 Å². The highest BCUT2D eigenvalue weighted by Crippen LogP contribution is 2.31. The fourth-order valence-corrected chi connectivity index (χ4v) is 3.20. The van der Waals surface area contributed by atoms with E-state index >= 15 is 0 Å². The number of amides is 1. The Hall–Kier alpha value is -2.80. The SMILES string of the molecule is CCOc1ccc(OCc2ccc(/C=C3/NC(=S)N(C4CC4)C3=O)o2)cc1. The Balaban J connectivity index is 1.37. The van der Waals surface area contributed by atoms with Crippen LogP contribution in [0, 0.1) is 0 Å². The van der Waals surface area contributed by atoms with Crippen LogP contribution in [0.25, 0.3) is 6.08 Å². The second kappa shape index (κ2) is 7.44. The van der Waals surface area contributed by atoms with Crippen LogP contribution in [-0.4, -0.2) is 28.6 Å².